The zero-order valence-corrected chi connectivity index (χ0v) is 21.9. The Labute approximate surface area is 221 Å². The SMILES string of the molecule is C.CCC(C)CC(=O)N[C@H](CCNc1ccncc1)Cc1ccccc1.CSc1ccc(Cl)cc1. The van der Waals surface area contributed by atoms with Gasteiger partial charge in [-0.05, 0) is 67.0 Å². The Hall–Kier alpha value is -2.50. The third-order valence-corrected chi connectivity index (χ3v) is 6.47. The number of nitrogens with zero attached hydrogens (tertiary/aromatic N) is 1. The molecule has 3 rings (SSSR count). The third kappa shape index (κ3) is 13.2. The molecule has 35 heavy (non-hydrogen) atoms. The smallest absolute Gasteiger partial charge is 0.220 e. The van der Waals surface area contributed by atoms with Crippen LogP contribution in [-0.4, -0.2) is 29.7 Å². The molecule has 0 radical (unpaired) electrons. The van der Waals surface area contributed by atoms with E-state index in [4.69, 9.17) is 11.6 Å². The van der Waals surface area contributed by atoms with Gasteiger partial charge in [-0.15, -0.1) is 11.8 Å². The number of halogens is 1. The van der Waals surface area contributed by atoms with Crippen LogP contribution < -0.4 is 10.6 Å². The van der Waals surface area contributed by atoms with Gasteiger partial charge in [0.05, 0.1) is 0 Å². The molecule has 0 fully saturated rings. The highest BCUT2D eigenvalue weighted by Crippen LogP contribution is 2.17. The number of rotatable bonds is 11. The van der Waals surface area contributed by atoms with E-state index >= 15 is 0 Å². The normalized spacial score (nSPS) is 11.8. The van der Waals surface area contributed by atoms with E-state index in [1.807, 2.05) is 60.9 Å². The zero-order valence-electron chi connectivity index (χ0n) is 20.3. The molecule has 0 aliphatic rings. The fourth-order valence-corrected chi connectivity index (χ4v) is 3.84. The summed E-state index contributed by atoms with van der Waals surface area (Å²) in [4.78, 5) is 17.6. The number of hydrogen-bond donors (Lipinski definition) is 2. The van der Waals surface area contributed by atoms with Gasteiger partial charge in [0.25, 0.3) is 0 Å². The second-order valence-electron chi connectivity index (χ2n) is 8.28. The molecule has 3 aromatic rings. The molecule has 1 amide bonds. The van der Waals surface area contributed by atoms with Crippen molar-refractivity contribution >= 4 is 35.0 Å². The highest BCUT2D eigenvalue weighted by molar-refractivity contribution is 7.98. The average Bonchev–Trinajstić information content (AvgIpc) is 2.86. The molecule has 1 aromatic heterocycles. The average molecular weight is 514 g/mol. The number of anilines is 1. The molecule has 0 aliphatic heterocycles. The number of carbonyl (C=O) groups is 1. The second kappa shape index (κ2) is 17.9. The molecule has 0 aliphatic carbocycles. The molecular weight excluding hydrogens is 474 g/mol. The van der Waals surface area contributed by atoms with Crippen LogP contribution in [0.3, 0.4) is 0 Å². The minimum atomic E-state index is 0. The van der Waals surface area contributed by atoms with Crippen molar-refractivity contribution in [1.29, 1.82) is 0 Å². The van der Waals surface area contributed by atoms with E-state index in [9.17, 15) is 4.79 Å². The topological polar surface area (TPSA) is 54.0 Å². The Bertz CT molecular complexity index is 939. The molecular formula is C29H40ClN3OS. The Morgan fingerprint density at radius 2 is 1.69 bits per heavy atom. The number of hydrogen-bond acceptors (Lipinski definition) is 4. The fourth-order valence-electron chi connectivity index (χ4n) is 3.30. The fraction of sp³-hybridized carbons (Fsp3) is 0.379. The molecule has 4 nitrogen and oxygen atoms in total. The van der Waals surface area contributed by atoms with Crippen molar-refractivity contribution in [3.05, 3.63) is 89.7 Å². The summed E-state index contributed by atoms with van der Waals surface area (Å²) in [7, 11) is 0. The maximum absolute atomic E-state index is 12.3. The predicted octanol–water partition coefficient (Wildman–Crippen LogP) is 7.75. The largest absolute Gasteiger partial charge is 0.385 e. The first-order chi connectivity index (χ1) is 16.5. The number of amides is 1. The Morgan fingerprint density at radius 1 is 1.03 bits per heavy atom. The summed E-state index contributed by atoms with van der Waals surface area (Å²) >= 11 is 7.38. The van der Waals surface area contributed by atoms with Crippen LogP contribution in [0.1, 0.15) is 46.1 Å². The lowest BCUT2D eigenvalue weighted by Crippen LogP contribution is -2.38. The van der Waals surface area contributed by atoms with Gasteiger partial charge in [-0.1, -0.05) is 69.6 Å². The summed E-state index contributed by atoms with van der Waals surface area (Å²) < 4.78 is 0. The lowest BCUT2D eigenvalue weighted by molar-refractivity contribution is -0.122. The lowest BCUT2D eigenvalue weighted by atomic mass is 10.0. The highest BCUT2D eigenvalue weighted by Gasteiger charge is 2.15. The second-order valence-corrected chi connectivity index (χ2v) is 9.60. The minimum absolute atomic E-state index is 0. The molecule has 0 spiro atoms. The molecule has 1 unspecified atom stereocenters. The van der Waals surface area contributed by atoms with E-state index in [1.165, 1.54) is 10.5 Å². The third-order valence-electron chi connectivity index (χ3n) is 5.47. The summed E-state index contributed by atoms with van der Waals surface area (Å²) in [5, 5.41) is 7.42. The van der Waals surface area contributed by atoms with E-state index in [0.29, 0.717) is 12.3 Å². The first-order valence-corrected chi connectivity index (χ1v) is 13.4. The summed E-state index contributed by atoms with van der Waals surface area (Å²) in [6.45, 7) is 5.06. The number of thioether (sulfide) groups is 1. The molecule has 1 heterocycles. The quantitative estimate of drug-likeness (QED) is 0.257. The van der Waals surface area contributed by atoms with Gasteiger partial charge in [0.15, 0.2) is 0 Å². The van der Waals surface area contributed by atoms with E-state index in [2.05, 4.69) is 41.6 Å². The van der Waals surface area contributed by atoms with Gasteiger partial charge in [0.1, 0.15) is 0 Å². The van der Waals surface area contributed by atoms with E-state index in [0.717, 1.165) is 36.5 Å². The van der Waals surface area contributed by atoms with Crippen LogP contribution in [0, 0.1) is 5.92 Å². The minimum Gasteiger partial charge on any atom is -0.385 e. The molecule has 0 saturated heterocycles. The lowest BCUT2D eigenvalue weighted by Gasteiger charge is -2.20. The van der Waals surface area contributed by atoms with Gasteiger partial charge in [-0.3, -0.25) is 9.78 Å². The van der Waals surface area contributed by atoms with Crippen molar-refractivity contribution in [3.63, 3.8) is 0 Å². The number of aromatic nitrogens is 1. The molecule has 2 aromatic carbocycles. The van der Waals surface area contributed by atoms with Crippen LogP contribution >= 0.6 is 23.4 Å². The molecule has 190 valence electrons. The van der Waals surface area contributed by atoms with Gasteiger partial charge in [0, 0.05) is 47.0 Å². The van der Waals surface area contributed by atoms with Crippen LogP contribution in [-0.2, 0) is 11.2 Å². The summed E-state index contributed by atoms with van der Waals surface area (Å²) in [5.74, 6) is 0.575. The van der Waals surface area contributed by atoms with Crippen LogP contribution in [0.5, 0.6) is 0 Å². The molecule has 0 saturated carbocycles. The summed E-state index contributed by atoms with van der Waals surface area (Å²) in [6, 6.07) is 22.2. The maximum atomic E-state index is 12.3. The Kier molecular flexibility index (Phi) is 15.6. The molecule has 0 bridgehead atoms. The first kappa shape index (κ1) is 30.5. The summed E-state index contributed by atoms with van der Waals surface area (Å²) in [5.41, 5.74) is 2.31. The molecule has 2 atom stereocenters. The monoisotopic (exact) mass is 513 g/mol. The maximum Gasteiger partial charge on any atom is 0.220 e. The van der Waals surface area contributed by atoms with Crippen LogP contribution in [0.25, 0.3) is 0 Å². The predicted molar refractivity (Wildman–Crippen MR) is 153 cm³/mol. The molecule has 6 heteroatoms. The standard InChI is InChI=1S/C21H29N3O.C7H7ClS.CH4/c1-3-17(2)15-21(25)24-20(16-18-7-5-4-6-8-18)11-14-23-19-9-12-22-13-10-19;1-9-7-4-2-6(8)3-5-7;/h4-10,12-13,17,20H,3,11,14-16H2,1-2H3,(H,22,23)(H,24,25);2-5H,1H3;1H4/t17?,20-;;/m1../s1. The van der Waals surface area contributed by atoms with Crippen LogP contribution in [0.2, 0.25) is 5.02 Å². The van der Waals surface area contributed by atoms with Crippen LogP contribution in [0.4, 0.5) is 5.69 Å². The Morgan fingerprint density at radius 3 is 2.29 bits per heavy atom. The first-order valence-electron chi connectivity index (χ1n) is 11.8. The van der Waals surface area contributed by atoms with Crippen molar-refractivity contribution in [1.82, 2.24) is 10.3 Å². The zero-order chi connectivity index (χ0) is 24.6. The van der Waals surface area contributed by atoms with E-state index in [1.54, 1.807) is 24.2 Å². The number of nitrogens with one attached hydrogen (secondary N) is 2. The Balaban J connectivity index is 0.000000516. The van der Waals surface area contributed by atoms with E-state index < -0.39 is 0 Å². The van der Waals surface area contributed by atoms with Crippen molar-refractivity contribution < 1.29 is 4.79 Å². The van der Waals surface area contributed by atoms with Gasteiger partial charge >= 0.3 is 0 Å². The van der Waals surface area contributed by atoms with Crippen molar-refractivity contribution in [2.24, 2.45) is 5.92 Å². The van der Waals surface area contributed by atoms with Crippen LogP contribution in [0.15, 0.2) is 84.0 Å². The van der Waals surface area contributed by atoms with Gasteiger partial charge in [0.2, 0.25) is 5.91 Å². The van der Waals surface area contributed by atoms with Crippen molar-refractivity contribution in [3.8, 4) is 0 Å². The molecule has 2 N–H and O–H groups in total. The van der Waals surface area contributed by atoms with Crippen molar-refractivity contribution in [2.75, 3.05) is 18.1 Å². The van der Waals surface area contributed by atoms with Crippen molar-refractivity contribution in [2.45, 2.75) is 57.9 Å². The summed E-state index contributed by atoms with van der Waals surface area (Å²) in [6.07, 6.45) is 8.95. The van der Waals surface area contributed by atoms with Gasteiger partial charge < -0.3 is 10.6 Å². The van der Waals surface area contributed by atoms with Gasteiger partial charge in [-0.25, -0.2) is 0 Å². The van der Waals surface area contributed by atoms with Gasteiger partial charge in [-0.2, -0.15) is 0 Å². The number of carbonyl (C=O) groups excluding carboxylic acids is 1. The number of pyridine rings is 1. The number of benzene rings is 2. The van der Waals surface area contributed by atoms with E-state index in [-0.39, 0.29) is 19.4 Å². The highest BCUT2D eigenvalue weighted by atomic mass is 35.5.